The third-order valence-electron chi connectivity index (χ3n) is 7.03. The zero-order valence-electron chi connectivity index (χ0n) is 20.0. The molecule has 1 aromatic rings. The number of nitrogens with one attached hydrogen (secondary N) is 1. The number of halogens is 1. The third kappa shape index (κ3) is 7.61. The number of carbonyl (C=O) groups is 2. The van der Waals surface area contributed by atoms with E-state index in [4.69, 9.17) is 0 Å². The topological polar surface area (TPSA) is 90.0 Å². The summed E-state index contributed by atoms with van der Waals surface area (Å²) in [6, 6.07) is 3.03. The molecule has 1 N–H and O–H groups in total. The predicted octanol–water partition coefficient (Wildman–Crippen LogP) is 3.26. The van der Waals surface area contributed by atoms with E-state index in [2.05, 4.69) is 25.6 Å². The van der Waals surface area contributed by atoms with Crippen molar-refractivity contribution in [2.45, 2.75) is 63.5 Å². The number of amides is 2. The molecule has 0 radical (unpaired) electrons. The molecule has 2 atom stereocenters. The van der Waals surface area contributed by atoms with Crippen LogP contribution < -0.4 is 4.72 Å². The molecule has 0 bridgehead atoms. The molecule has 0 spiro atoms. The number of hydrogen-bond donors (Lipinski definition) is 1. The van der Waals surface area contributed by atoms with Crippen LogP contribution >= 0.6 is 27.3 Å². The predicted molar refractivity (Wildman–Crippen MR) is 142 cm³/mol. The Morgan fingerprint density at radius 3 is 2.57 bits per heavy atom. The monoisotopic (exact) mass is 586 g/mol. The van der Waals surface area contributed by atoms with Crippen molar-refractivity contribution in [1.29, 1.82) is 0 Å². The van der Waals surface area contributed by atoms with Gasteiger partial charge < -0.3 is 14.7 Å². The van der Waals surface area contributed by atoms with Crippen LogP contribution in [0, 0.1) is 0 Å². The van der Waals surface area contributed by atoms with E-state index in [1.54, 1.807) is 0 Å². The van der Waals surface area contributed by atoms with Crippen molar-refractivity contribution in [2.24, 2.45) is 0 Å². The van der Waals surface area contributed by atoms with E-state index in [-0.39, 0.29) is 24.4 Å². The minimum absolute atomic E-state index is 0.0205. The summed E-state index contributed by atoms with van der Waals surface area (Å²) in [5.41, 5.74) is 0. The summed E-state index contributed by atoms with van der Waals surface area (Å²) in [4.78, 5) is 33.1. The molecule has 194 valence electrons. The van der Waals surface area contributed by atoms with Crippen molar-refractivity contribution < 1.29 is 18.0 Å². The van der Waals surface area contributed by atoms with E-state index < -0.39 is 16.1 Å². The third-order valence-corrected chi connectivity index (χ3v) is 9.73. The maximum absolute atomic E-state index is 13.3. The van der Waals surface area contributed by atoms with Crippen LogP contribution in [0.4, 0.5) is 0 Å². The minimum Gasteiger partial charge on any atom is -0.337 e. The van der Waals surface area contributed by atoms with Gasteiger partial charge in [0.25, 0.3) is 0 Å². The fraction of sp³-hybridized carbons (Fsp3) is 0.667. The van der Waals surface area contributed by atoms with Gasteiger partial charge in [0.2, 0.25) is 21.8 Å². The Labute approximate surface area is 220 Å². The van der Waals surface area contributed by atoms with Crippen LogP contribution in [-0.2, 0) is 19.6 Å². The molecule has 3 aliphatic rings. The summed E-state index contributed by atoms with van der Waals surface area (Å²) in [5, 5.41) is 1.10. The van der Waals surface area contributed by atoms with Crippen molar-refractivity contribution in [3.8, 4) is 0 Å². The molecule has 4 rings (SSSR count). The van der Waals surface area contributed by atoms with Crippen molar-refractivity contribution in [3.05, 3.63) is 26.2 Å². The maximum atomic E-state index is 13.3. The second kappa shape index (κ2) is 12.3. The van der Waals surface area contributed by atoms with Crippen molar-refractivity contribution in [3.63, 3.8) is 0 Å². The van der Waals surface area contributed by atoms with E-state index in [1.807, 2.05) is 17.0 Å². The molecule has 0 aliphatic carbocycles. The van der Waals surface area contributed by atoms with Gasteiger partial charge in [0.15, 0.2) is 0 Å². The molecule has 11 heteroatoms. The molecule has 0 saturated carbocycles. The van der Waals surface area contributed by atoms with Gasteiger partial charge in [-0.2, -0.15) is 4.72 Å². The lowest BCUT2D eigenvalue weighted by molar-refractivity contribution is -0.145. The van der Waals surface area contributed by atoms with Crippen LogP contribution in [0.15, 0.2) is 21.3 Å². The number of nitrogens with zero attached hydrogens (tertiary/aromatic N) is 3. The van der Waals surface area contributed by atoms with Crippen molar-refractivity contribution in [2.75, 3.05) is 39.3 Å². The number of piperidine rings is 3. The fourth-order valence-corrected chi connectivity index (χ4v) is 7.66. The molecular formula is C24H35BrN4O4S2. The highest BCUT2D eigenvalue weighted by Crippen LogP contribution is 2.24. The summed E-state index contributed by atoms with van der Waals surface area (Å²) in [5.74, 6) is -0.336. The highest BCUT2D eigenvalue weighted by molar-refractivity contribution is 9.11. The summed E-state index contributed by atoms with van der Waals surface area (Å²) < 4.78 is 28.6. The fourth-order valence-electron chi connectivity index (χ4n) is 5.23. The van der Waals surface area contributed by atoms with Crippen LogP contribution in [0.5, 0.6) is 0 Å². The molecular weight excluding hydrogens is 552 g/mol. The Hall–Kier alpha value is -1.27. The summed E-state index contributed by atoms with van der Waals surface area (Å²) in [6.07, 6.45) is 9.47. The van der Waals surface area contributed by atoms with Gasteiger partial charge >= 0.3 is 0 Å². The first-order valence-electron chi connectivity index (χ1n) is 12.6. The molecule has 0 aromatic carbocycles. The Bertz CT molecular complexity index is 1020. The van der Waals surface area contributed by atoms with Gasteiger partial charge in [0, 0.05) is 36.0 Å². The zero-order valence-corrected chi connectivity index (χ0v) is 23.3. The first-order valence-corrected chi connectivity index (χ1v) is 15.7. The smallest absolute Gasteiger partial charge is 0.242 e. The van der Waals surface area contributed by atoms with E-state index in [0.717, 1.165) is 59.5 Å². The molecule has 4 heterocycles. The largest absolute Gasteiger partial charge is 0.337 e. The van der Waals surface area contributed by atoms with Gasteiger partial charge in [-0.3, -0.25) is 9.59 Å². The molecule has 3 saturated heterocycles. The van der Waals surface area contributed by atoms with Crippen LogP contribution in [-0.4, -0.2) is 86.3 Å². The maximum Gasteiger partial charge on any atom is 0.242 e. The zero-order chi connectivity index (χ0) is 24.8. The Morgan fingerprint density at radius 1 is 1.06 bits per heavy atom. The van der Waals surface area contributed by atoms with Gasteiger partial charge in [-0.25, -0.2) is 8.42 Å². The summed E-state index contributed by atoms with van der Waals surface area (Å²) in [7, 11) is -3.79. The number of likely N-dealkylation sites (tertiary alicyclic amines) is 3. The molecule has 3 aliphatic heterocycles. The molecule has 3 fully saturated rings. The van der Waals surface area contributed by atoms with Gasteiger partial charge in [-0.15, -0.1) is 11.3 Å². The second-order valence-electron chi connectivity index (χ2n) is 9.66. The SMILES string of the molecule is O=C1[C@@H](NS(=O)(=O)/C=C/c2ccc(Br)s2)CCCN1CC(=O)N1CCCCC1CN1CCCCC1. The summed E-state index contributed by atoms with van der Waals surface area (Å²) in [6.45, 7) is 4.35. The number of rotatable bonds is 8. The Balaban J connectivity index is 1.34. The number of thiophene rings is 1. The minimum atomic E-state index is -3.79. The molecule has 35 heavy (non-hydrogen) atoms. The van der Waals surface area contributed by atoms with E-state index in [1.165, 1.54) is 41.6 Å². The molecule has 1 aromatic heterocycles. The van der Waals surface area contributed by atoms with Gasteiger partial charge in [-0.05, 0) is 92.2 Å². The van der Waals surface area contributed by atoms with Crippen molar-refractivity contribution in [1.82, 2.24) is 19.4 Å². The average Bonchev–Trinajstić information content (AvgIpc) is 3.26. The van der Waals surface area contributed by atoms with Crippen LogP contribution in [0.1, 0.15) is 56.2 Å². The Morgan fingerprint density at radius 2 is 1.83 bits per heavy atom. The first kappa shape index (κ1) is 26.8. The number of carbonyl (C=O) groups excluding carboxylic acids is 2. The second-order valence-corrected chi connectivity index (χ2v) is 13.8. The Kier molecular flexibility index (Phi) is 9.42. The van der Waals surface area contributed by atoms with Crippen molar-refractivity contribution >= 4 is 55.2 Å². The molecule has 1 unspecified atom stereocenters. The van der Waals surface area contributed by atoms with Crippen LogP contribution in [0.3, 0.4) is 0 Å². The quantitative estimate of drug-likeness (QED) is 0.505. The van der Waals surface area contributed by atoms with Crippen LogP contribution in [0.2, 0.25) is 0 Å². The summed E-state index contributed by atoms with van der Waals surface area (Å²) >= 11 is 4.78. The molecule has 8 nitrogen and oxygen atoms in total. The lowest BCUT2D eigenvalue weighted by atomic mass is 10.00. The van der Waals surface area contributed by atoms with E-state index in [9.17, 15) is 18.0 Å². The highest BCUT2D eigenvalue weighted by Gasteiger charge is 2.35. The van der Waals surface area contributed by atoms with Gasteiger partial charge in [0.1, 0.15) is 6.04 Å². The standard InChI is InChI=1S/C24H35BrN4O4S2/c25-22-10-9-20(34-22)11-16-35(32,33)26-21-8-6-14-28(24(21)31)18-23(30)29-15-5-2-7-19(29)17-27-12-3-1-4-13-27/h9-11,16,19,21,26H,1-8,12-15,17-18H2/b16-11+/t19?,21-/m0/s1. The van der Waals surface area contributed by atoms with Gasteiger partial charge in [-0.1, -0.05) is 6.42 Å². The normalized spacial score (nSPS) is 24.9. The number of sulfonamides is 1. The lowest BCUT2D eigenvalue weighted by Gasteiger charge is -2.41. The van der Waals surface area contributed by atoms with E-state index >= 15 is 0 Å². The van der Waals surface area contributed by atoms with Crippen LogP contribution in [0.25, 0.3) is 6.08 Å². The average molecular weight is 588 g/mol. The lowest BCUT2D eigenvalue weighted by Crippen LogP contribution is -2.57. The first-order chi connectivity index (χ1) is 16.8. The van der Waals surface area contributed by atoms with Gasteiger partial charge in [0.05, 0.1) is 10.3 Å². The highest BCUT2D eigenvalue weighted by atomic mass is 79.9. The molecule has 2 amide bonds. The number of hydrogen-bond acceptors (Lipinski definition) is 6. The van der Waals surface area contributed by atoms with E-state index in [0.29, 0.717) is 19.4 Å².